The van der Waals surface area contributed by atoms with Crippen molar-refractivity contribution in [3.8, 4) is 6.07 Å². The Morgan fingerprint density at radius 3 is 2.58 bits per heavy atom. The van der Waals surface area contributed by atoms with E-state index in [1.54, 1.807) is 6.08 Å². The van der Waals surface area contributed by atoms with Crippen LogP contribution < -0.4 is 5.73 Å². The van der Waals surface area contributed by atoms with Crippen LogP contribution in [-0.2, 0) is 0 Å². The average Bonchev–Trinajstić information content (AvgIpc) is 2.16. The first kappa shape index (κ1) is 8.51. The molecule has 1 aromatic carbocycles. The van der Waals surface area contributed by atoms with E-state index in [1.165, 1.54) is 0 Å². The maximum absolute atomic E-state index is 8.39. The van der Waals surface area contributed by atoms with E-state index in [9.17, 15) is 0 Å². The van der Waals surface area contributed by atoms with Crippen LogP contribution >= 0.6 is 0 Å². The SMILES string of the molecule is N#CC(N)C=Cc1ccccc1. The molecule has 1 aromatic rings. The first-order valence-corrected chi connectivity index (χ1v) is 3.71. The lowest BCUT2D eigenvalue weighted by atomic mass is 10.2. The Balaban J connectivity index is 2.65. The molecule has 1 atom stereocenters. The molecule has 2 nitrogen and oxygen atoms in total. The highest BCUT2D eigenvalue weighted by molar-refractivity contribution is 5.50. The number of nitriles is 1. The molecular weight excluding hydrogens is 148 g/mol. The van der Waals surface area contributed by atoms with E-state index in [0.29, 0.717) is 0 Å². The van der Waals surface area contributed by atoms with Crippen LogP contribution in [0.2, 0.25) is 0 Å². The maximum atomic E-state index is 8.39. The predicted octanol–water partition coefficient (Wildman–Crippen LogP) is 1.55. The van der Waals surface area contributed by atoms with Crippen LogP contribution in [0, 0.1) is 11.3 Å². The molecule has 2 heteroatoms. The van der Waals surface area contributed by atoms with Gasteiger partial charge in [0, 0.05) is 0 Å². The molecule has 0 spiro atoms. The van der Waals surface area contributed by atoms with Crippen LogP contribution in [0.4, 0.5) is 0 Å². The maximum Gasteiger partial charge on any atom is 0.112 e. The van der Waals surface area contributed by atoms with Crippen LogP contribution in [-0.4, -0.2) is 6.04 Å². The monoisotopic (exact) mass is 158 g/mol. The van der Waals surface area contributed by atoms with Crippen LogP contribution in [0.5, 0.6) is 0 Å². The standard InChI is InChI=1S/C10H10N2/c11-8-10(12)7-6-9-4-2-1-3-5-9/h1-7,10H,12H2. The quantitative estimate of drug-likeness (QED) is 0.709. The van der Waals surface area contributed by atoms with Gasteiger partial charge >= 0.3 is 0 Å². The zero-order chi connectivity index (χ0) is 8.81. The summed E-state index contributed by atoms with van der Waals surface area (Å²) in [5, 5.41) is 8.39. The molecule has 1 rings (SSSR count). The van der Waals surface area contributed by atoms with Gasteiger partial charge in [-0.3, -0.25) is 0 Å². The fourth-order valence-corrected chi connectivity index (χ4v) is 0.822. The largest absolute Gasteiger partial charge is 0.313 e. The summed E-state index contributed by atoms with van der Waals surface area (Å²) in [4.78, 5) is 0. The second-order valence-corrected chi connectivity index (χ2v) is 2.42. The summed E-state index contributed by atoms with van der Waals surface area (Å²) in [7, 11) is 0. The average molecular weight is 158 g/mol. The summed E-state index contributed by atoms with van der Waals surface area (Å²) < 4.78 is 0. The molecule has 0 bridgehead atoms. The molecule has 0 amide bonds. The lowest BCUT2D eigenvalue weighted by Gasteiger charge is -1.92. The third kappa shape index (κ3) is 2.57. The fourth-order valence-electron chi connectivity index (χ4n) is 0.822. The molecule has 0 aliphatic heterocycles. The molecule has 0 heterocycles. The van der Waals surface area contributed by atoms with Gasteiger partial charge in [0.2, 0.25) is 0 Å². The van der Waals surface area contributed by atoms with Crippen molar-refractivity contribution in [3.05, 3.63) is 42.0 Å². The smallest absolute Gasteiger partial charge is 0.112 e. The summed E-state index contributed by atoms with van der Waals surface area (Å²) in [6.45, 7) is 0. The summed E-state index contributed by atoms with van der Waals surface area (Å²) >= 11 is 0. The summed E-state index contributed by atoms with van der Waals surface area (Å²) in [6, 6.07) is 11.2. The van der Waals surface area contributed by atoms with Crippen LogP contribution in [0.25, 0.3) is 6.08 Å². The Bertz CT molecular complexity index is 295. The van der Waals surface area contributed by atoms with E-state index in [-0.39, 0.29) is 0 Å². The highest BCUT2D eigenvalue weighted by atomic mass is 14.6. The Morgan fingerprint density at radius 1 is 1.33 bits per heavy atom. The Morgan fingerprint density at radius 2 is 2.00 bits per heavy atom. The van der Waals surface area contributed by atoms with E-state index >= 15 is 0 Å². The van der Waals surface area contributed by atoms with Crippen molar-refractivity contribution in [1.29, 1.82) is 5.26 Å². The van der Waals surface area contributed by atoms with Gasteiger partial charge in [0.25, 0.3) is 0 Å². The lowest BCUT2D eigenvalue weighted by Crippen LogP contribution is -2.12. The molecule has 0 saturated heterocycles. The first-order chi connectivity index (χ1) is 5.83. The minimum absolute atomic E-state index is 0.509. The summed E-state index contributed by atoms with van der Waals surface area (Å²) in [5.41, 5.74) is 6.43. The molecule has 0 aromatic heterocycles. The van der Waals surface area contributed by atoms with Crippen molar-refractivity contribution in [3.63, 3.8) is 0 Å². The van der Waals surface area contributed by atoms with Crippen molar-refractivity contribution in [2.45, 2.75) is 6.04 Å². The molecule has 0 saturated carbocycles. The highest BCUT2D eigenvalue weighted by Gasteiger charge is 1.90. The van der Waals surface area contributed by atoms with E-state index in [4.69, 9.17) is 11.0 Å². The van der Waals surface area contributed by atoms with E-state index in [2.05, 4.69) is 0 Å². The molecule has 0 aliphatic carbocycles. The summed E-state index contributed by atoms with van der Waals surface area (Å²) in [5.74, 6) is 0. The third-order valence-corrected chi connectivity index (χ3v) is 1.44. The van der Waals surface area contributed by atoms with Gasteiger partial charge in [-0.05, 0) is 5.56 Å². The lowest BCUT2D eigenvalue weighted by molar-refractivity contribution is 1.05. The molecule has 0 aliphatic rings. The zero-order valence-corrected chi connectivity index (χ0v) is 6.64. The van der Waals surface area contributed by atoms with Gasteiger partial charge in [-0.15, -0.1) is 0 Å². The molecule has 12 heavy (non-hydrogen) atoms. The van der Waals surface area contributed by atoms with Gasteiger partial charge in [0.15, 0.2) is 0 Å². The van der Waals surface area contributed by atoms with Gasteiger partial charge < -0.3 is 5.73 Å². The van der Waals surface area contributed by atoms with Crippen molar-refractivity contribution in [2.75, 3.05) is 0 Å². The second kappa shape index (κ2) is 4.32. The van der Waals surface area contributed by atoms with E-state index in [1.807, 2.05) is 42.5 Å². The zero-order valence-electron chi connectivity index (χ0n) is 6.64. The van der Waals surface area contributed by atoms with Crippen LogP contribution in [0.3, 0.4) is 0 Å². The van der Waals surface area contributed by atoms with Crippen LogP contribution in [0.15, 0.2) is 36.4 Å². The molecule has 2 N–H and O–H groups in total. The number of hydrogen-bond acceptors (Lipinski definition) is 2. The van der Waals surface area contributed by atoms with Crippen LogP contribution in [0.1, 0.15) is 5.56 Å². The Kier molecular flexibility index (Phi) is 3.06. The number of nitrogens with zero attached hydrogens (tertiary/aromatic N) is 1. The molecule has 0 radical (unpaired) electrons. The van der Waals surface area contributed by atoms with Gasteiger partial charge in [-0.2, -0.15) is 5.26 Å². The van der Waals surface area contributed by atoms with Gasteiger partial charge in [-0.25, -0.2) is 0 Å². The Labute approximate surface area is 71.9 Å². The fraction of sp³-hybridized carbons (Fsp3) is 0.100. The summed E-state index contributed by atoms with van der Waals surface area (Å²) in [6.07, 6.45) is 3.52. The van der Waals surface area contributed by atoms with E-state index < -0.39 is 6.04 Å². The Hall–Kier alpha value is -1.59. The number of hydrogen-bond donors (Lipinski definition) is 1. The molecular formula is C10H10N2. The molecule has 60 valence electrons. The number of benzene rings is 1. The number of rotatable bonds is 2. The number of nitrogens with two attached hydrogens (primary N) is 1. The minimum atomic E-state index is -0.509. The van der Waals surface area contributed by atoms with Crippen molar-refractivity contribution in [1.82, 2.24) is 0 Å². The van der Waals surface area contributed by atoms with E-state index in [0.717, 1.165) is 5.56 Å². The highest BCUT2D eigenvalue weighted by Crippen LogP contribution is 2.00. The first-order valence-electron chi connectivity index (χ1n) is 3.71. The van der Waals surface area contributed by atoms with Gasteiger partial charge in [0.05, 0.1) is 6.07 Å². The third-order valence-electron chi connectivity index (χ3n) is 1.44. The van der Waals surface area contributed by atoms with Gasteiger partial charge in [0.1, 0.15) is 6.04 Å². The van der Waals surface area contributed by atoms with Gasteiger partial charge in [-0.1, -0.05) is 42.5 Å². The second-order valence-electron chi connectivity index (χ2n) is 2.42. The van der Waals surface area contributed by atoms with Crippen molar-refractivity contribution in [2.24, 2.45) is 5.73 Å². The normalized spacial score (nSPS) is 12.7. The molecule has 0 fully saturated rings. The molecule has 1 unspecified atom stereocenters. The predicted molar refractivity (Wildman–Crippen MR) is 49.1 cm³/mol. The van der Waals surface area contributed by atoms with Crippen molar-refractivity contribution < 1.29 is 0 Å². The minimum Gasteiger partial charge on any atom is -0.313 e. The van der Waals surface area contributed by atoms with Crippen molar-refractivity contribution >= 4 is 6.08 Å². The topological polar surface area (TPSA) is 49.8 Å².